The predicted octanol–water partition coefficient (Wildman–Crippen LogP) is 1.95. The van der Waals surface area contributed by atoms with Crippen molar-refractivity contribution in [2.24, 2.45) is 5.92 Å². The molecule has 0 spiro atoms. The van der Waals surface area contributed by atoms with Gasteiger partial charge >= 0.3 is 5.97 Å². The Morgan fingerprint density at radius 1 is 1.56 bits per heavy atom. The van der Waals surface area contributed by atoms with Crippen LogP contribution in [0.2, 0.25) is 0 Å². The van der Waals surface area contributed by atoms with Crippen LogP contribution in [0.5, 0.6) is 0 Å². The predicted molar refractivity (Wildman–Crippen MR) is 73.8 cm³/mol. The van der Waals surface area contributed by atoms with Crippen molar-refractivity contribution in [1.29, 1.82) is 0 Å². The van der Waals surface area contributed by atoms with Crippen LogP contribution in [-0.4, -0.2) is 47.7 Å². The minimum Gasteiger partial charge on any atom is -0.480 e. The summed E-state index contributed by atoms with van der Waals surface area (Å²) >= 11 is 0. The molecule has 0 radical (unpaired) electrons. The molecule has 0 aromatic carbocycles. The first kappa shape index (κ1) is 15.4. The van der Waals surface area contributed by atoms with Gasteiger partial charge < -0.3 is 15.3 Å². The second-order valence-corrected chi connectivity index (χ2v) is 5.76. The van der Waals surface area contributed by atoms with Crippen molar-refractivity contribution < 1.29 is 9.90 Å². The van der Waals surface area contributed by atoms with Crippen LogP contribution in [-0.2, 0) is 4.79 Å². The number of hydrogen-bond acceptors (Lipinski definition) is 3. The number of hydrogen-bond donors (Lipinski definition) is 2. The fraction of sp³-hybridized carbons (Fsp3) is 0.929. The Hall–Kier alpha value is -0.610. The molecule has 2 N–H and O–H groups in total. The van der Waals surface area contributed by atoms with Gasteiger partial charge in [0.25, 0.3) is 0 Å². The quantitative estimate of drug-likeness (QED) is 0.731. The van der Waals surface area contributed by atoms with Gasteiger partial charge in [-0.2, -0.15) is 0 Å². The number of carbonyl (C=O) groups is 1. The molecule has 1 rings (SSSR count). The molecule has 1 fully saturated rings. The zero-order valence-corrected chi connectivity index (χ0v) is 12.2. The van der Waals surface area contributed by atoms with Crippen molar-refractivity contribution in [2.45, 2.75) is 58.0 Å². The Morgan fingerprint density at radius 3 is 2.72 bits per heavy atom. The molecule has 0 heterocycles. The molecule has 1 aliphatic rings. The lowest BCUT2D eigenvalue weighted by molar-refractivity contribution is -0.146. The second kappa shape index (κ2) is 6.53. The van der Waals surface area contributed by atoms with E-state index in [9.17, 15) is 9.90 Å². The standard InChI is InChI=1S/C14H28N2O2/c1-5-15-14(13(17)18)9-6-7-12(14)8-10-16(4)11(2)3/h11-12,15H,5-10H2,1-4H3,(H,17,18). The Bertz CT molecular complexity index is 281. The topological polar surface area (TPSA) is 52.6 Å². The van der Waals surface area contributed by atoms with Crippen LogP contribution in [0.25, 0.3) is 0 Å². The van der Waals surface area contributed by atoms with E-state index in [1.165, 1.54) is 0 Å². The SMILES string of the molecule is CCNC1(C(=O)O)CCCC1CCN(C)C(C)C. The van der Waals surface area contributed by atoms with Crippen LogP contribution in [0.15, 0.2) is 0 Å². The van der Waals surface area contributed by atoms with Gasteiger partial charge in [-0.1, -0.05) is 13.3 Å². The summed E-state index contributed by atoms with van der Waals surface area (Å²) in [6, 6.07) is 0.518. The third-order valence-electron chi connectivity index (χ3n) is 4.41. The van der Waals surface area contributed by atoms with Crippen molar-refractivity contribution in [3.8, 4) is 0 Å². The maximum atomic E-state index is 11.6. The highest BCUT2D eigenvalue weighted by Crippen LogP contribution is 2.38. The minimum atomic E-state index is -0.674. The van der Waals surface area contributed by atoms with Crippen LogP contribution in [0.1, 0.15) is 46.5 Å². The number of carboxylic acid groups (broad SMARTS) is 1. The Morgan fingerprint density at radius 2 is 2.22 bits per heavy atom. The van der Waals surface area contributed by atoms with E-state index in [-0.39, 0.29) is 5.92 Å². The molecule has 1 saturated carbocycles. The maximum absolute atomic E-state index is 11.6. The van der Waals surface area contributed by atoms with E-state index in [2.05, 4.69) is 31.1 Å². The minimum absolute atomic E-state index is 0.260. The van der Waals surface area contributed by atoms with Gasteiger partial charge in [-0.25, -0.2) is 0 Å². The highest BCUT2D eigenvalue weighted by Gasteiger charge is 2.48. The molecule has 0 aromatic heterocycles. The molecule has 0 amide bonds. The molecule has 0 aromatic rings. The first-order valence-corrected chi connectivity index (χ1v) is 7.12. The molecule has 0 saturated heterocycles. The Labute approximate surface area is 111 Å². The fourth-order valence-electron chi connectivity index (χ4n) is 2.99. The molecule has 106 valence electrons. The van der Waals surface area contributed by atoms with E-state index >= 15 is 0 Å². The average Bonchev–Trinajstić information content (AvgIpc) is 2.70. The highest BCUT2D eigenvalue weighted by atomic mass is 16.4. The lowest BCUT2D eigenvalue weighted by Gasteiger charge is -2.33. The first-order valence-electron chi connectivity index (χ1n) is 7.12. The third-order valence-corrected chi connectivity index (χ3v) is 4.41. The number of aliphatic carboxylic acids is 1. The number of nitrogens with one attached hydrogen (secondary N) is 1. The van der Waals surface area contributed by atoms with Crippen LogP contribution >= 0.6 is 0 Å². The van der Waals surface area contributed by atoms with Crippen LogP contribution in [0.3, 0.4) is 0 Å². The van der Waals surface area contributed by atoms with Gasteiger partial charge in [0.1, 0.15) is 5.54 Å². The lowest BCUT2D eigenvalue weighted by atomic mass is 9.84. The third kappa shape index (κ3) is 3.23. The summed E-state index contributed by atoms with van der Waals surface area (Å²) in [6.07, 6.45) is 3.79. The zero-order chi connectivity index (χ0) is 13.8. The molecule has 4 heteroatoms. The summed E-state index contributed by atoms with van der Waals surface area (Å²) < 4.78 is 0. The Kier molecular flexibility index (Phi) is 5.60. The van der Waals surface area contributed by atoms with Crippen molar-refractivity contribution in [2.75, 3.05) is 20.1 Å². The normalized spacial score (nSPS) is 28.2. The van der Waals surface area contributed by atoms with Gasteiger partial charge in [0.2, 0.25) is 0 Å². The van der Waals surface area contributed by atoms with E-state index in [4.69, 9.17) is 0 Å². The molecular weight excluding hydrogens is 228 g/mol. The summed E-state index contributed by atoms with van der Waals surface area (Å²) in [5.41, 5.74) is -0.674. The molecule has 18 heavy (non-hydrogen) atoms. The monoisotopic (exact) mass is 256 g/mol. The summed E-state index contributed by atoms with van der Waals surface area (Å²) in [5.74, 6) is -0.407. The largest absolute Gasteiger partial charge is 0.480 e. The fourth-order valence-corrected chi connectivity index (χ4v) is 2.99. The number of likely N-dealkylation sites (N-methyl/N-ethyl adjacent to an activating group) is 1. The average molecular weight is 256 g/mol. The van der Waals surface area contributed by atoms with Crippen molar-refractivity contribution in [1.82, 2.24) is 10.2 Å². The van der Waals surface area contributed by atoms with E-state index in [0.717, 1.165) is 38.8 Å². The van der Waals surface area contributed by atoms with Crippen LogP contribution < -0.4 is 5.32 Å². The molecule has 2 unspecified atom stereocenters. The zero-order valence-electron chi connectivity index (χ0n) is 12.2. The first-order chi connectivity index (χ1) is 8.44. The Balaban J connectivity index is 2.65. The number of carboxylic acids is 1. The number of nitrogens with zero attached hydrogens (tertiary/aromatic N) is 1. The van der Waals surface area contributed by atoms with Crippen molar-refractivity contribution in [3.63, 3.8) is 0 Å². The van der Waals surface area contributed by atoms with E-state index in [0.29, 0.717) is 6.04 Å². The molecule has 0 aliphatic heterocycles. The molecular formula is C14H28N2O2. The van der Waals surface area contributed by atoms with Crippen LogP contribution in [0, 0.1) is 5.92 Å². The molecule has 0 bridgehead atoms. The summed E-state index contributed by atoms with van der Waals surface area (Å²) in [7, 11) is 2.11. The van der Waals surface area contributed by atoms with Gasteiger partial charge in [-0.15, -0.1) is 0 Å². The van der Waals surface area contributed by atoms with E-state index in [1.54, 1.807) is 0 Å². The van der Waals surface area contributed by atoms with Crippen LogP contribution in [0.4, 0.5) is 0 Å². The molecule has 1 aliphatic carbocycles. The van der Waals surface area contributed by atoms with Gasteiger partial charge in [0, 0.05) is 6.04 Å². The number of rotatable bonds is 7. The second-order valence-electron chi connectivity index (χ2n) is 5.76. The van der Waals surface area contributed by atoms with Crippen molar-refractivity contribution in [3.05, 3.63) is 0 Å². The summed E-state index contributed by atoms with van der Waals surface area (Å²) in [6.45, 7) is 8.03. The lowest BCUT2D eigenvalue weighted by Crippen LogP contribution is -2.55. The smallest absolute Gasteiger partial charge is 0.324 e. The van der Waals surface area contributed by atoms with Gasteiger partial charge in [0.15, 0.2) is 0 Å². The van der Waals surface area contributed by atoms with E-state index < -0.39 is 11.5 Å². The maximum Gasteiger partial charge on any atom is 0.324 e. The van der Waals surface area contributed by atoms with Crippen molar-refractivity contribution >= 4 is 5.97 Å². The summed E-state index contributed by atoms with van der Waals surface area (Å²) in [4.78, 5) is 13.9. The highest BCUT2D eigenvalue weighted by molar-refractivity contribution is 5.79. The van der Waals surface area contributed by atoms with Gasteiger partial charge in [-0.05, 0) is 59.2 Å². The van der Waals surface area contributed by atoms with Gasteiger partial charge in [-0.3, -0.25) is 4.79 Å². The van der Waals surface area contributed by atoms with E-state index in [1.807, 2.05) is 6.92 Å². The van der Waals surface area contributed by atoms with Gasteiger partial charge in [0.05, 0.1) is 0 Å². The molecule has 4 nitrogen and oxygen atoms in total. The molecule has 2 atom stereocenters. The summed E-state index contributed by atoms with van der Waals surface area (Å²) in [5, 5.41) is 12.8.